The van der Waals surface area contributed by atoms with Crippen LogP contribution in [0.4, 0.5) is 0 Å². The number of rotatable bonds is 10. The number of likely N-dealkylation sites (N-methyl/N-ethyl adjacent to an activating group) is 1. The number of carbonyl (C=O) groups is 5. The van der Waals surface area contributed by atoms with Crippen LogP contribution < -0.4 is 9.47 Å². The molecule has 0 saturated carbocycles. The van der Waals surface area contributed by atoms with E-state index in [0.29, 0.717) is 12.2 Å². The van der Waals surface area contributed by atoms with Crippen LogP contribution >= 0.6 is 0 Å². The molecule has 0 radical (unpaired) electrons. The molecule has 5 aliphatic rings. The third kappa shape index (κ3) is 7.13. The van der Waals surface area contributed by atoms with E-state index in [1.807, 2.05) is 12.1 Å². The highest BCUT2D eigenvalue weighted by molar-refractivity contribution is 5.91. The molecule has 61 heavy (non-hydrogen) atoms. The summed E-state index contributed by atoms with van der Waals surface area (Å²) in [7, 11) is 3.24. The van der Waals surface area contributed by atoms with Gasteiger partial charge in [-0.25, -0.2) is 19.2 Å². The van der Waals surface area contributed by atoms with Crippen molar-refractivity contribution < 1.29 is 61.9 Å². The maximum Gasteiger partial charge on any atom is 0.339 e. The number of piperidine rings is 1. The molecule has 3 aliphatic heterocycles. The number of methoxy groups -OCH3 is 1. The summed E-state index contributed by atoms with van der Waals surface area (Å²) in [4.78, 5) is 70.2. The van der Waals surface area contributed by atoms with E-state index in [0.717, 1.165) is 31.2 Å². The second-order valence-electron chi connectivity index (χ2n) is 15.8. The molecule has 2 bridgehead atoms. The lowest BCUT2D eigenvalue weighted by Crippen LogP contribution is -2.67. The third-order valence-electron chi connectivity index (χ3n) is 12.3. The van der Waals surface area contributed by atoms with Gasteiger partial charge in [0.15, 0.2) is 35.9 Å². The number of hydrogen-bond acceptors (Lipinski definition) is 14. The van der Waals surface area contributed by atoms with Gasteiger partial charge in [-0.15, -0.1) is 0 Å². The number of benzene rings is 4. The van der Waals surface area contributed by atoms with Crippen LogP contribution in [0.1, 0.15) is 55.5 Å². The molecule has 2 aliphatic carbocycles. The number of ether oxygens (including phenoxy) is 8. The van der Waals surface area contributed by atoms with Crippen molar-refractivity contribution in [3.63, 3.8) is 0 Å². The van der Waals surface area contributed by atoms with Gasteiger partial charge in [0.1, 0.15) is 12.2 Å². The molecule has 2 fully saturated rings. The van der Waals surface area contributed by atoms with Crippen LogP contribution in [-0.2, 0) is 49.8 Å². The molecule has 0 amide bonds. The van der Waals surface area contributed by atoms with Crippen LogP contribution in [0.3, 0.4) is 0 Å². The first-order valence-corrected chi connectivity index (χ1v) is 20.1. The van der Waals surface area contributed by atoms with Gasteiger partial charge in [0.25, 0.3) is 0 Å². The summed E-state index contributed by atoms with van der Waals surface area (Å²) in [5, 5.41) is 0. The average Bonchev–Trinajstić information content (AvgIpc) is 3.64. The van der Waals surface area contributed by atoms with Gasteiger partial charge in [0, 0.05) is 29.9 Å². The van der Waals surface area contributed by atoms with Crippen molar-refractivity contribution >= 4 is 29.8 Å². The van der Waals surface area contributed by atoms with Crippen molar-refractivity contribution in [2.24, 2.45) is 5.92 Å². The molecule has 14 nitrogen and oxygen atoms in total. The minimum absolute atomic E-state index is 0.0134. The Bertz CT molecular complexity index is 2370. The predicted molar refractivity (Wildman–Crippen MR) is 214 cm³/mol. The molecule has 0 N–H and O–H groups in total. The second-order valence-corrected chi connectivity index (χ2v) is 15.8. The number of esters is 5. The summed E-state index contributed by atoms with van der Waals surface area (Å²) in [5.41, 5.74) is 1.81. The highest BCUT2D eigenvalue weighted by Crippen LogP contribution is 2.63. The van der Waals surface area contributed by atoms with Crippen LogP contribution in [0.2, 0.25) is 0 Å². The normalized spacial score (nSPS) is 29.3. The summed E-state index contributed by atoms with van der Waals surface area (Å²) in [6.07, 6.45) is -4.71. The molecule has 10 atom stereocenters. The van der Waals surface area contributed by atoms with E-state index in [-0.39, 0.29) is 34.4 Å². The lowest BCUT2D eigenvalue weighted by molar-refractivity contribution is -0.305. The molecule has 2 saturated heterocycles. The molecule has 4 aromatic carbocycles. The smallest absolute Gasteiger partial charge is 0.339 e. The predicted octanol–water partition coefficient (Wildman–Crippen LogP) is 5.02. The zero-order valence-corrected chi connectivity index (χ0v) is 33.5. The Hall–Kier alpha value is -6.35. The van der Waals surface area contributed by atoms with Gasteiger partial charge >= 0.3 is 29.8 Å². The number of hydrogen-bond donors (Lipinski definition) is 0. The molecule has 9 rings (SSSR count). The van der Waals surface area contributed by atoms with E-state index in [9.17, 15) is 24.0 Å². The molecule has 14 heteroatoms. The highest BCUT2D eigenvalue weighted by atomic mass is 16.7. The topological polar surface area (TPSA) is 162 Å². The number of nitrogens with zero attached hydrogens (tertiary/aromatic N) is 1. The maximum atomic E-state index is 14.0. The van der Waals surface area contributed by atoms with Crippen LogP contribution in [-0.4, -0.2) is 104 Å². The van der Waals surface area contributed by atoms with Gasteiger partial charge in [-0.2, -0.15) is 0 Å². The number of likely N-dealkylation sites (tertiary alicyclic amines) is 1. The molecular weight excluding hydrogens is 787 g/mol. The van der Waals surface area contributed by atoms with Gasteiger partial charge in [-0.1, -0.05) is 72.8 Å². The van der Waals surface area contributed by atoms with Gasteiger partial charge in [-0.3, -0.25) is 4.79 Å². The highest BCUT2D eigenvalue weighted by Gasteiger charge is 2.66. The van der Waals surface area contributed by atoms with E-state index in [2.05, 4.69) is 18.0 Å². The summed E-state index contributed by atoms with van der Waals surface area (Å²) in [6, 6.07) is 28.1. The Kier molecular flexibility index (Phi) is 10.7. The van der Waals surface area contributed by atoms with Gasteiger partial charge in [0.05, 0.1) is 23.8 Å². The molecular formula is C47H43NO13. The van der Waals surface area contributed by atoms with Crippen molar-refractivity contribution in [1.29, 1.82) is 0 Å². The summed E-state index contributed by atoms with van der Waals surface area (Å²) < 4.78 is 49.4. The lowest BCUT2D eigenvalue weighted by Gasteiger charge is -2.57. The van der Waals surface area contributed by atoms with Crippen LogP contribution in [0.5, 0.6) is 11.5 Å². The van der Waals surface area contributed by atoms with Crippen LogP contribution in [0, 0.1) is 5.92 Å². The fourth-order valence-corrected chi connectivity index (χ4v) is 9.63. The van der Waals surface area contributed by atoms with Gasteiger partial charge in [-0.05, 0) is 74.5 Å². The Labute approximate surface area is 351 Å². The fourth-order valence-electron chi connectivity index (χ4n) is 9.63. The van der Waals surface area contributed by atoms with E-state index >= 15 is 0 Å². The minimum atomic E-state index is -1.74. The Morgan fingerprint density at radius 2 is 1.30 bits per heavy atom. The molecule has 3 heterocycles. The number of carbonyl (C=O) groups excluding carboxylic acids is 5. The zero-order valence-electron chi connectivity index (χ0n) is 33.5. The summed E-state index contributed by atoms with van der Waals surface area (Å²) >= 11 is 0. The molecule has 4 aromatic rings. The van der Waals surface area contributed by atoms with Crippen LogP contribution in [0.15, 0.2) is 115 Å². The minimum Gasteiger partial charge on any atom is -0.482 e. The molecule has 1 spiro atoms. The van der Waals surface area contributed by atoms with Crippen molar-refractivity contribution in [3.8, 4) is 11.5 Å². The fraction of sp³-hybridized carbons (Fsp3) is 0.340. The van der Waals surface area contributed by atoms with E-state index in [4.69, 9.17) is 37.9 Å². The largest absolute Gasteiger partial charge is 0.482 e. The van der Waals surface area contributed by atoms with Crippen molar-refractivity contribution in [2.45, 2.75) is 74.1 Å². The van der Waals surface area contributed by atoms with E-state index in [1.54, 1.807) is 72.8 Å². The summed E-state index contributed by atoms with van der Waals surface area (Å²) in [5.74, 6) is -3.32. The Balaban J connectivity index is 1.14. The second kappa shape index (κ2) is 16.3. The molecule has 0 aromatic heterocycles. The van der Waals surface area contributed by atoms with Crippen molar-refractivity contribution in [1.82, 2.24) is 4.90 Å². The maximum absolute atomic E-state index is 14.0. The SMILES string of the molecule is COC(=O)[C@H]1O[C@H](O[C@H]2C=C[C@H]3[C@H]4Cc5ccc(OC(C)=O)c6c5[C@@]3(CCN4C)[C@H]2O6)[C@H](OC(=O)c2ccccc2)[C@@H](OC(=O)c2ccccc2)[C@@H]1OC(=O)c1ccccc1. The van der Waals surface area contributed by atoms with Gasteiger partial charge in [0.2, 0.25) is 6.29 Å². The lowest BCUT2D eigenvalue weighted by atomic mass is 9.53. The van der Waals surface area contributed by atoms with Crippen LogP contribution in [0.25, 0.3) is 0 Å². The van der Waals surface area contributed by atoms with Crippen molar-refractivity contribution in [3.05, 3.63) is 143 Å². The standard InChI is InChI=1S/C47H43NO13/c1-26(49)55-33-21-19-30-25-32-31-20-22-34(41-47(31,23-24-48(32)2)35(30)36(33)57-41)56-46-40(60-44(52)29-17-11-6-12-18-29)38(59-43(51)28-15-9-5-10-16-28)37(39(61-46)45(53)54-3)58-42(50)27-13-7-4-8-14-27/h4-22,31-32,34,37-41,46H,23-25H2,1-3H3/t31-,32+,34-,37-,38-,39-,40+,41-,46-,47-/m0/s1. The van der Waals surface area contributed by atoms with Gasteiger partial charge < -0.3 is 42.8 Å². The Morgan fingerprint density at radius 1 is 0.721 bits per heavy atom. The first kappa shape index (κ1) is 40.1. The van der Waals surface area contributed by atoms with E-state index in [1.165, 1.54) is 31.2 Å². The summed E-state index contributed by atoms with van der Waals surface area (Å²) in [6.45, 7) is 2.07. The Morgan fingerprint density at radius 3 is 1.87 bits per heavy atom. The van der Waals surface area contributed by atoms with E-state index < -0.39 is 78.2 Å². The van der Waals surface area contributed by atoms with Crippen molar-refractivity contribution in [2.75, 3.05) is 20.7 Å². The molecule has 0 unspecified atom stereocenters. The first-order valence-electron chi connectivity index (χ1n) is 20.1. The quantitative estimate of drug-likeness (QED) is 0.0907. The monoisotopic (exact) mass is 829 g/mol. The third-order valence-corrected chi connectivity index (χ3v) is 12.3. The average molecular weight is 830 g/mol. The molecule has 314 valence electrons. The first-order chi connectivity index (χ1) is 29.6. The zero-order chi connectivity index (χ0) is 42.4.